The first kappa shape index (κ1) is 32.4. The first-order chi connectivity index (χ1) is 18.3. The summed E-state index contributed by atoms with van der Waals surface area (Å²) in [5.74, 6) is -0.857. The molecule has 0 aromatic rings. The molecule has 0 radical (unpaired) electrons. The normalized spacial score (nSPS) is 47.9. The highest BCUT2D eigenvalue weighted by Crippen LogP contribution is 2.32. The highest BCUT2D eigenvalue weighted by atomic mass is 16.7. The second kappa shape index (κ2) is 13.2. The minimum absolute atomic E-state index is 0.0836. The van der Waals surface area contributed by atoms with Crippen LogP contribution >= 0.6 is 0 Å². The minimum atomic E-state index is -1.72. The van der Waals surface area contributed by atoms with E-state index in [1.807, 2.05) is 0 Å². The molecule has 2 aliphatic heterocycles. The van der Waals surface area contributed by atoms with Crippen LogP contribution in [0.4, 0.5) is 0 Å². The smallest absolute Gasteiger partial charge is 0.250 e. The van der Waals surface area contributed by atoms with Gasteiger partial charge in [0.1, 0.15) is 60.5 Å². The molecule has 0 bridgehead atoms. The number of carbonyl (C=O) groups excluding carboxylic acids is 1. The molecule has 2 heterocycles. The number of aliphatic hydroxyl groups is 7. The Morgan fingerprint density at radius 1 is 1.03 bits per heavy atom. The Labute approximate surface area is 225 Å². The summed E-state index contributed by atoms with van der Waals surface area (Å²) in [7, 11) is 1.52. The summed E-state index contributed by atoms with van der Waals surface area (Å²) >= 11 is 0. The predicted molar refractivity (Wildman–Crippen MR) is 130 cm³/mol. The van der Waals surface area contributed by atoms with Crippen molar-refractivity contribution < 1.29 is 59.5 Å². The van der Waals surface area contributed by atoms with Crippen LogP contribution in [0.5, 0.6) is 0 Å². The maximum absolute atomic E-state index is 12.4. The highest BCUT2D eigenvalue weighted by molar-refractivity contribution is 5.81. The Balaban J connectivity index is 1.84. The fourth-order valence-corrected chi connectivity index (χ4v) is 5.22. The van der Waals surface area contributed by atoms with Crippen molar-refractivity contribution >= 4 is 5.91 Å². The van der Waals surface area contributed by atoms with Crippen molar-refractivity contribution in [2.75, 3.05) is 26.7 Å². The topological polar surface area (TPSA) is 298 Å². The Morgan fingerprint density at radius 3 is 2.26 bits per heavy atom. The molecule has 1 aliphatic carbocycles. The summed E-state index contributed by atoms with van der Waals surface area (Å²) in [6, 6.07) is -2.92. The Morgan fingerprint density at radius 2 is 1.67 bits per heavy atom. The fourth-order valence-electron chi connectivity index (χ4n) is 5.22. The zero-order valence-electron chi connectivity index (χ0n) is 21.8. The molecule has 39 heavy (non-hydrogen) atoms. The lowest BCUT2D eigenvalue weighted by molar-refractivity contribution is -0.330. The summed E-state index contributed by atoms with van der Waals surface area (Å²) in [6.07, 6.45) is -16.3. The SMILES string of the molecule is CN[C@@H]1[C@@H](O)[C@@H](O[C@@H]2[C@@H](O)[C@H](O[C@H]3O[C@H](CN)[C@@H](O)[C@H](O)[C@@H]3O)[C@@H](N)C[C@@H]2NC(=O)[C@@H](O)CN)OC[C@]1(C)O. The van der Waals surface area contributed by atoms with Crippen molar-refractivity contribution in [1.82, 2.24) is 10.6 Å². The molecule has 3 fully saturated rings. The van der Waals surface area contributed by atoms with Gasteiger partial charge < -0.3 is 82.5 Å². The van der Waals surface area contributed by atoms with Crippen LogP contribution in [0, 0.1) is 0 Å². The molecule has 0 spiro atoms. The van der Waals surface area contributed by atoms with Crippen LogP contribution in [-0.4, -0.2) is 160 Å². The van der Waals surface area contributed by atoms with Gasteiger partial charge in [-0.2, -0.15) is 0 Å². The average molecular weight is 570 g/mol. The van der Waals surface area contributed by atoms with Crippen LogP contribution in [0.1, 0.15) is 13.3 Å². The lowest BCUT2D eigenvalue weighted by atomic mass is 9.83. The van der Waals surface area contributed by atoms with E-state index in [9.17, 15) is 40.5 Å². The molecule has 1 amide bonds. The molecule has 0 aromatic carbocycles. The first-order valence-electron chi connectivity index (χ1n) is 12.8. The summed E-state index contributed by atoms with van der Waals surface area (Å²) in [4.78, 5) is 12.4. The van der Waals surface area contributed by atoms with Gasteiger partial charge in [-0.15, -0.1) is 0 Å². The van der Waals surface area contributed by atoms with Gasteiger partial charge in [-0.05, 0) is 20.4 Å². The zero-order valence-corrected chi connectivity index (χ0v) is 21.8. The maximum Gasteiger partial charge on any atom is 0.250 e. The Hall–Kier alpha value is -1.13. The number of amides is 1. The largest absolute Gasteiger partial charge is 0.388 e. The monoisotopic (exact) mass is 569 g/mol. The van der Waals surface area contributed by atoms with Gasteiger partial charge in [0.2, 0.25) is 5.91 Å². The van der Waals surface area contributed by atoms with Gasteiger partial charge in [-0.25, -0.2) is 0 Å². The predicted octanol–water partition coefficient (Wildman–Crippen LogP) is -7.52. The Kier molecular flexibility index (Phi) is 11.0. The third-order valence-electron chi connectivity index (χ3n) is 7.50. The third-order valence-corrected chi connectivity index (χ3v) is 7.50. The van der Waals surface area contributed by atoms with Crippen LogP contribution in [0.15, 0.2) is 0 Å². The molecule has 3 rings (SSSR count). The van der Waals surface area contributed by atoms with E-state index in [0.29, 0.717) is 0 Å². The van der Waals surface area contributed by atoms with E-state index < -0.39 is 97.1 Å². The molecule has 15 atom stereocenters. The van der Waals surface area contributed by atoms with Gasteiger partial charge in [0.25, 0.3) is 0 Å². The lowest BCUT2D eigenvalue weighted by Gasteiger charge is -2.49. The molecule has 228 valence electrons. The fraction of sp³-hybridized carbons (Fsp3) is 0.955. The Bertz CT molecular complexity index is 811. The molecule has 3 aliphatic rings. The number of likely N-dealkylation sites (N-methyl/N-ethyl adjacent to an activating group) is 1. The standard InChI is InChI=1S/C22H43N5O12/c1-22(35)6-36-20(15(33)18(22)26-2)39-17-8(27-19(34)9(28)4-23)3-7(25)16(14(17)32)38-21-13(31)12(30)11(29)10(5-24)37-21/h7-18,20-21,26,28-33,35H,3-6,23-25H2,1-2H3,(H,27,34)/t7-,8-,9-,10+,11+,12-,13-,14-,15+,16+,17-,18+,20+,21+,22-/m0/s1. The molecule has 17 heteroatoms. The highest BCUT2D eigenvalue weighted by Gasteiger charge is 2.53. The van der Waals surface area contributed by atoms with E-state index in [-0.39, 0.29) is 26.1 Å². The number of ether oxygens (including phenoxy) is 4. The van der Waals surface area contributed by atoms with Gasteiger partial charge in [-0.3, -0.25) is 4.79 Å². The summed E-state index contributed by atoms with van der Waals surface area (Å²) in [5, 5.41) is 78.5. The second-order valence-electron chi connectivity index (χ2n) is 10.5. The van der Waals surface area contributed by atoms with Gasteiger partial charge in [0.15, 0.2) is 12.6 Å². The van der Waals surface area contributed by atoms with E-state index in [1.165, 1.54) is 14.0 Å². The quantitative estimate of drug-likeness (QED) is 0.123. The van der Waals surface area contributed by atoms with E-state index in [4.69, 9.17) is 36.1 Å². The van der Waals surface area contributed by atoms with Crippen molar-refractivity contribution in [2.24, 2.45) is 17.2 Å². The molecule has 1 saturated carbocycles. The molecular formula is C22H43N5O12. The lowest BCUT2D eigenvalue weighted by Crippen LogP contribution is -2.70. The van der Waals surface area contributed by atoms with Crippen LogP contribution in [0.25, 0.3) is 0 Å². The van der Waals surface area contributed by atoms with Crippen LogP contribution < -0.4 is 27.8 Å². The van der Waals surface area contributed by atoms with Crippen LogP contribution in [0.3, 0.4) is 0 Å². The van der Waals surface area contributed by atoms with E-state index in [2.05, 4.69) is 10.6 Å². The van der Waals surface area contributed by atoms with Crippen LogP contribution in [-0.2, 0) is 23.7 Å². The van der Waals surface area contributed by atoms with Gasteiger partial charge >= 0.3 is 0 Å². The zero-order chi connectivity index (χ0) is 29.2. The van der Waals surface area contributed by atoms with Crippen molar-refractivity contribution in [3.05, 3.63) is 0 Å². The van der Waals surface area contributed by atoms with Crippen molar-refractivity contribution in [2.45, 2.75) is 105 Å². The number of nitrogens with one attached hydrogen (secondary N) is 2. The van der Waals surface area contributed by atoms with E-state index in [1.54, 1.807) is 0 Å². The molecular weight excluding hydrogens is 526 g/mol. The van der Waals surface area contributed by atoms with E-state index >= 15 is 0 Å². The number of aliphatic hydroxyl groups excluding tert-OH is 6. The maximum atomic E-state index is 12.4. The molecule has 17 nitrogen and oxygen atoms in total. The molecule has 0 aromatic heterocycles. The number of hydrogen-bond acceptors (Lipinski definition) is 16. The van der Waals surface area contributed by atoms with Gasteiger partial charge in [-0.1, -0.05) is 0 Å². The van der Waals surface area contributed by atoms with Crippen LogP contribution in [0.2, 0.25) is 0 Å². The summed E-state index contributed by atoms with van der Waals surface area (Å²) < 4.78 is 22.7. The summed E-state index contributed by atoms with van der Waals surface area (Å²) in [6.45, 7) is 0.634. The minimum Gasteiger partial charge on any atom is -0.388 e. The van der Waals surface area contributed by atoms with Gasteiger partial charge in [0, 0.05) is 19.1 Å². The number of nitrogens with two attached hydrogens (primary N) is 3. The summed E-state index contributed by atoms with van der Waals surface area (Å²) in [5.41, 5.74) is 15.8. The van der Waals surface area contributed by atoms with Crippen molar-refractivity contribution in [3.63, 3.8) is 0 Å². The third kappa shape index (κ3) is 6.85. The number of rotatable bonds is 9. The van der Waals surface area contributed by atoms with E-state index in [0.717, 1.165) is 0 Å². The van der Waals surface area contributed by atoms with Gasteiger partial charge in [0.05, 0.1) is 18.7 Å². The number of carbonyl (C=O) groups is 1. The number of hydrogen-bond donors (Lipinski definition) is 12. The second-order valence-corrected chi connectivity index (χ2v) is 10.5. The van der Waals surface area contributed by atoms with Crippen molar-refractivity contribution in [3.8, 4) is 0 Å². The molecule has 15 N–H and O–H groups in total. The first-order valence-corrected chi connectivity index (χ1v) is 12.8. The van der Waals surface area contributed by atoms with Crippen molar-refractivity contribution in [1.29, 1.82) is 0 Å². The molecule has 0 unspecified atom stereocenters. The molecule has 2 saturated heterocycles. The average Bonchev–Trinajstić information content (AvgIpc) is 2.89.